The molecule has 0 aliphatic heterocycles. The van der Waals surface area contributed by atoms with E-state index in [2.05, 4.69) is 31.3 Å². The van der Waals surface area contributed by atoms with E-state index in [0.717, 1.165) is 5.69 Å². The van der Waals surface area contributed by atoms with Crippen molar-refractivity contribution in [1.29, 1.82) is 0 Å². The van der Waals surface area contributed by atoms with Gasteiger partial charge in [-0.2, -0.15) is 0 Å². The van der Waals surface area contributed by atoms with E-state index in [1.54, 1.807) is 0 Å². The Kier molecular flexibility index (Phi) is 4.39. The molecule has 0 radical (unpaired) electrons. The van der Waals surface area contributed by atoms with Gasteiger partial charge in [-0.3, -0.25) is 4.79 Å². The Morgan fingerprint density at radius 1 is 1.16 bits per heavy atom. The number of carbonyl (C=O) groups is 1. The first kappa shape index (κ1) is 13.4. The van der Waals surface area contributed by atoms with E-state index >= 15 is 0 Å². The molecule has 1 aromatic carbocycles. The molecule has 19 heavy (non-hydrogen) atoms. The molecule has 3 nitrogen and oxygen atoms in total. The molecular weight excluding hydrogens is 236 g/mol. The molecule has 1 heterocycles. The number of anilines is 1. The van der Waals surface area contributed by atoms with Crippen LogP contribution in [0.25, 0.3) is 0 Å². The van der Waals surface area contributed by atoms with Gasteiger partial charge in [-0.05, 0) is 35.7 Å². The average molecular weight is 256 g/mol. The molecule has 1 amide bonds. The average Bonchev–Trinajstić information content (AvgIpc) is 2.90. The van der Waals surface area contributed by atoms with Crippen LogP contribution in [0.2, 0.25) is 0 Å². The third kappa shape index (κ3) is 3.98. The normalized spacial score (nSPS) is 10.7. The standard InChI is InChI=1S/C16H20N2O/c1-13(2)14-5-7-15(8-6-14)17-16(19)9-12-18-10-3-4-11-18/h3-8,10-11,13H,9,12H2,1-2H3,(H,17,19). The number of rotatable bonds is 5. The lowest BCUT2D eigenvalue weighted by Crippen LogP contribution is -2.13. The van der Waals surface area contributed by atoms with Crippen molar-refractivity contribution in [3.8, 4) is 0 Å². The van der Waals surface area contributed by atoms with Crippen LogP contribution in [0.4, 0.5) is 5.69 Å². The second-order valence-electron chi connectivity index (χ2n) is 5.00. The molecular formula is C16H20N2O. The first-order valence-electron chi connectivity index (χ1n) is 6.66. The summed E-state index contributed by atoms with van der Waals surface area (Å²) in [6.45, 7) is 5.03. The van der Waals surface area contributed by atoms with E-state index in [9.17, 15) is 4.79 Å². The number of benzene rings is 1. The monoisotopic (exact) mass is 256 g/mol. The van der Waals surface area contributed by atoms with E-state index < -0.39 is 0 Å². The van der Waals surface area contributed by atoms with Gasteiger partial charge >= 0.3 is 0 Å². The number of amides is 1. The van der Waals surface area contributed by atoms with E-state index in [0.29, 0.717) is 18.9 Å². The topological polar surface area (TPSA) is 34.0 Å². The number of aromatic nitrogens is 1. The molecule has 0 aliphatic rings. The molecule has 0 saturated carbocycles. The van der Waals surface area contributed by atoms with Crippen LogP contribution < -0.4 is 5.32 Å². The highest BCUT2D eigenvalue weighted by Crippen LogP contribution is 2.17. The molecule has 1 N–H and O–H groups in total. The number of hydrogen-bond acceptors (Lipinski definition) is 1. The predicted octanol–water partition coefficient (Wildman–Crippen LogP) is 3.64. The Morgan fingerprint density at radius 3 is 2.37 bits per heavy atom. The number of hydrogen-bond donors (Lipinski definition) is 1. The fraction of sp³-hybridized carbons (Fsp3) is 0.312. The molecule has 0 atom stereocenters. The third-order valence-corrected chi connectivity index (χ3v) is 3.12. The van der Waals surface area contributed by atoms with Crippen molar-refractivity contribution >= 4 is 11.6 Å². The van der Waals surface area contributed by atoms with Gasteiger partial charge in [0, 0.05) is 31.0 Å². The number of nitrogens with zero attached hydrogens (tertiary/aromatic N) is 1. The van der Waals surface area contributed by atoms with Crippen molar-refractivity contribution in [3.63, 3.8) is 0 Å². The lowest BCUT2D eigenvalue weighted by molar-refractivity contribution is -0.116. The van der Waals surface area contributed by atoms with Crippen molar-refractivity contribution in [3.05, 3.63) is 54.4 Å². The molecule has 2 aromatic rings. The van der Waals surface area contributed by atoms with Crippen LogP contribution in [0.3, 0.4) is 0 Å². The summed E-state index contributed by atoms with van der Waals surface area (Å²) in [5.74, 6) is 0.560. The van der Waals surface area contributed by atoms with Gasteiger partial charge in [-0.15, -0.1) is 0 Å². The van der Waals surface area contributed by atoms with Crippen LogP contribution in [0, 0.1) is 0 Å². The van der Waals surface area contributed by atoms with Gasteiger partial charge in [0.25, 0.3) is 0 Å². The minimum atomic E-state index is 0.0472. The summed E-state index contributed by atoms with van der Waals surface area (Å²) in [4.78, 5) is 11.8. The lowest BCUT2D eigenvalue weighted by atomic mass is 10.0. The van der Waals surface area contributed by atoms with Crippen LogP contribution in [-0.2, 0) is 11.3 Å². The largest absolute Gasteiger partial charge is 0.354 e. The van der Waals surface area contributed by atoms with Gasteiger partial charge in [0.2, 0.25) is 5.91 Å². The summed E-state index contributed by atoms with van der Waals surface area (Å²) < 4.78 is 2.00. The number of carbonyl (C=O) groups excluding carboxylic acids is 1. The van der Waals surface area contributed by atoms with Crippen LogP contribution >= 0.6 is 0 Å². The first-order chi connectivity index (χ1) is 9.15. The Hall–Kier alpha value is -2.03. The second-order valence-corrected chi connectivity index (χ2v) is 5.00. The molecule has 0 fully saturated rings. The molecule has 0 spiro atoms. The highest BCUT2D eigenvalue weighted by molar-refractivity contribution is 5.90. The Bertz CT molecular complexity index is 512. The SMILES string of the molecule is CC(C)c1ccc(NC(=O)CCn2cccc2)cc1. The van der Waals surface area contributed by atoms with Crippen LogP contribution in [0.15, 0.2) is 48.8 Å². The quantitative estimate of drug-likeness (QED) is 0.870. The Labute approximate surface area is 114 Å². The maximum atomic E-state index is 11.8. The minimum Gasteiger partial charge on any atom is -0.354 e. The van der Waals surface area contributed by atoms with Gasteiger partial charge in [0.1, 0.15) is 0 Å². The van der Waals surface area contributed by atoms with Crippen molar-refractivity contribution in [1.82, 2.24) is 4.57 Å². The molecule has 100 valence electrons. The van der Waals surface area contributed by atoms with E-state index in [4.69, 9.17) is 0 Å². The second kappa shape index (κ2) is 6.23. The fourth-order valence-electron chi connectivity index (χ4n) is 1.92. The highest BCUT2D eigenvalue weighted by atomic mass is 16.1. The molecule has 0 aliphatic carbocycles. The Balaban J connectivity index is 1.84. The Morgan fingerprint density at radius 2 is 1.79 bits per heavy atom. The van der Waals surface area contributed by atoms with Gasteiger partial charge in [-0.25, -0.2) is 0 Å². The molecule has 3 heteroatoms. The summed E-state index contributed by atoms with van der Waals surface area (Å²) >= 11 is 0. The molecule has 1 aromatic heterocycles. The van der Waals surface area contributed by atoms with Crippen molar-refractivity contribution in [2.24, 2.45) is 0 Å². The summed E-state index contributed by atoms with van der Waals surface area (Å²) in [5, 5.41) is 2.92. The summed E-state index contributed by atoms with van der Waals surface area (Å²) in [7, 11) is 0. The smallest absolute Gasteiger partial charge is 0.226 e. The highest BCUT2D eigenvalue weighted by Gasteiger charge is 2.03. The zero-order valence-corrected chi connectivity index (χ0v) is 11.5. The predicted molar refractivity (Wildman–Crippen MR) is 78.2 cm³/mol. The van der Waals surface area contributed by atoms with Gasteiger partial charge in [0.05, 0.1) is 0 Å². The molecule has 0 bridgehead atoms. The van der Waals surface area contributed by atoms with E-state index in [1.165, 1.54) is 5.56 Å². The minimum absolute atomic E-state index is 0.0472. The van der Waals surface area contributed by atoms with E-state index in [-0.39, 0.29) is 5.91 Å². The number of nitrogens with one attached hydrogen (secondary N) is 1. The zero-order chi connectivity index (χ0) is 13.7. The number of aryl methyl sites for hydroxylation is 1. The maximum absolute atomic E-state index is 11.8. The zero-order valence-electron chi connectivity index (χ0n) is 11.5. The molecule has 0 saturated heterocycles. The summed E-state index contributed by atoms with van der Waals surface area (Å²) in [5.41, 5.74) is 2.15. The van der Waals surface area contributed by atoms with Crippen molar-refractivity contribution in [2.75, 3.05) is 5.32 Å². The van der Waals surface area contributed by atoms with Crippen molar-refractivity contribution < 1.29 is 4.79 Å². The fourth-order valence-corrected chi connectivity index (χ4v) is 1.92. The van der Waals surface area contributed by atoms with Gasteiger partial charge < -0.3 is 9.88 Å². The molecule has 2 rings (SSSR count). The van der Waals surface area contributed by atoms with Crippen LogP contribution in [0.5, 0.6) is 0 Å². The van der Waals surface area contributed by atoms with E-state index in [1.807, 2.05) is 41.2 Å². The summed E-state index contributed by atoms with van der Waals surface area (Å²) in [6.07, 6.45) is 4.41. The lowest BCUT2D eigenvalue weighted by Gasteiger charge is -2.08. The van der Waals surface area contributed by atoms with Gasteiger partial charge in [0.15, 0.2) is 0 Å². The first-order valence-corrected chi connectivity index (χ1v) is 6.66. The van der Waals surface area contributed by atoms with Gasteiger partial charge in [-0.1, -0.05) is 26.0 Å². The van der Waals surface area contributed by atoms with Crippen LogP contribution in [-0.4, -0.2) is 10.5 Å². The maximum Gasteiger partial charge on any atom is 0.226 e. The summed E-state index contributed by atoms with van der Waals surface area (Å²) in [6, 6.07) is 12.0. The molecule has 0 unspecified atom stereocenters. The third-order valence-electron chi connectivity index (χ3n) is 3.12. The van der Waals surface area contributed by atoms with Crippen molar-refractivity contribution in [2.45, 2.75) is 32.7 Å². The van der Waals surface area contributed by atoms with Crippen LogP contribution in [0.1, 0.15) is 31.7 Å².